The van der Waals surface area contributed by atoms with Crippen LogP contribution in [0.15, 0.2) is 17.1 Å². The van der Waals surface area contributed by atoms with Crippen molar-refractivity contribution >= 4 is 5.96 Å². The van der Waals surface area contributed by atoms with Gasteiger partial charge in [-0.3, -0.25) is 0 Å². The van der Waals surface area contributed by atoms with Gasteiger partial charge < -0.3 is 11.1 Å². The summed E-state index contributed by atoms with van der Waals surface area (Å²) in [7, 11) is 0. The van der Waals surface area contributed by atoms with E-state index in [4.69, 9.17) is 5.73 Å². The van der Waals surface area contributed by atoms with Gasteiger partial charge in [0.15, 0.2) is 5.96 Å². The highest BCUT2D eigenvalue weighted by atomic mass is 19.1. The van der Waals surface area contributed by atoms with Crippen LogP contribution in [0.3, 0.4) is 0 Å². The Morgan fingerprint density at radius 1 is 1.25 bits per heavy atom. The number of nitrogens with zero attached hydrogens (tertiary/aromatic N) is 1. The fourth-order valence-corrected chi connectivity index (χ4v) is 2.81. The first-order chi connectivity index (χ1) is 9.56. The molecule has 0 heterocycles. The van der Waals surface area contributed by atoms with E-state index in [1.165, 1.54) is 32.1 Å². The molecule has 0 radical (unpaired) electrons. The second kappa shape index (κ2) is 6.73. The molecule has 0 spiro atoms. The van der Waals surface area contributed by atoms with E-state index in [1.807, 2.05) is 12.1 Å². The van der Waals surface area contributed by atoms with Crippen LogP contribution in [0.4, 0.5) is 4.39 Å². The Kier molecular flexibility index (Phi) is 4.99. The number of benzene rings is 1. The number of guanidine groups is 1. The van der Waals surface area contributed by atoms with Gasteiger partial charge in [0.25, 0.3) is 0 Å². The molecule has 0 aliphatic heterocycles. The maximum atomic E-state index is 13.5. The summed E-state index contributed by atoms with van der Waals surface area (Å²) in [6.07, 6.45) is 6.20. The molecule has 20 heavy (non-hydrogen) atoms. The van der Waals surface area contributed by atoms with Gasteiger partial charge in [-0.05, 0) is 43.4 Å². The summed E-state index contributed by atoms with van der Waals surface area (Å²) in [4.78, 5) is 4.36. The van der Waals surface area contributed by atoms with Crippen molar-refractivity contribution in [2.75, 3.05) is 0 Å². The lowest BCUT2D eigenvalue weighted by Gasteiger charge is -2.23. The molecule has 1 fully saturated rings. The first kappa shape index (κ1) is 14.8. The predicted molar refractivity (Wildman–Crippen MR) is 81.2 cm³/mol. The lowest BCUT2D eigenvalue weighted by Crippen LogP contribution is -2.41. The third kappa shape index (κ3) is 3.95. The van der Waals surface area contributed by atoms with Crippen molar-refractivity contribution in [1.29, 1.82) is 0 Å². The van der Waals surface area contributed by atoms with Crippen molar-refractivity contribution in [1.82, 2.24) is 5.32 Å². The molecule has 1 aliphatic rings. The van der Waals surface area contributed by atoms with Gasteiger partial charge >= 0.3 is 0 Å². The number of aryl methyl sites for hydroxylation is 2. The number of hydrogen-bond acceptors (Lipinski definition) is 1. The van der Waals surface area contributed by atoms with Gasteiger partial charge in [0, 0.05) is 6.04 Å². The minimum absolute atomic E-state index is 0.133. The minimum atomic E-state index is -0.133. The third-order valence-corrected chi connectivity index (χ3v) is 3.89. The topological polar surface area (TPSA) is 50.4 Å². The molecular weight excluding hydrogens is 253 g/mol. The number of nitrogens with one attached hydrogen (secondary N) is 1. The Bertz CT molecular complexity index is 467. The Balaban J connectivity index is 1.94. The van der Waals surface area contributed by atoms with Gasteiger partial charge in [-0.2, -0.15) is 0 Å². The fourth-order valence-electron chi connectivity index (χ4n) is 2.81. The first-order valence-corrected chi connectivity index (χ1v) is 7.38. The molecule has 2 rings (SSSR count). The number of halogens is 1. The van der Waals surface area contributed by atoms with Crippen LogP contribution in [-0.4, -0.2) is 12.0 Å². The average molecular weight is 277 g/mol. The van der Waals surface area contributed by atoms with Gasteiger partial charge in [-0.15, -0.1) is 0 Å². The second-order valence-electron chi connectivity index (χ2n) is 5.72. The molecule has 0 aromatic heterocycles. The molecule has 1 aliphatic carbocycles. The molecule has 3 nitrogen and oxygen atoms in total. The summed E-state index contributed by atoms with van der Waals surface area (Å²) in [6.45, 7) is 4.05. The average Bonchev–Trinajstić information content (AvgIpc) is 2.43. The van der Waals surface area contributed by atoms with Crippen LogP contribution in [0.1, 0.15) is 48.8 Å². The molecule has 3 N–H and O–H groups in total. The highest BCUT2D eigenvalue weighted by Gasteiger charge is 2.13. The highest BCUT2D eigenvalue weighted by molar-refractivity contribution is 5.78. The maximum absolute atomic E-state index is 13.5. The van der Waals surface area contributed by atoms with Crippen molar-refractivity contribution < 1.29 is 4.39 Å². The molecular formula is C16H24FN3. The lowest BCUT2D eigenvalue weighted by atomic mass is 9.96. The lowest BCUT2D eigenvalue weighted by molar-refractivity contribution is 0.412. The van der Waals surface area contributed by atoms with Crippen LogP contribution in [0.2, 0.25) is 0 Å². The van der Waals surface area contributed by atoms with Crippen LogP contribution in [0, 0.1) is 19.7 Å². The summed E-state index contributed by atoms with van der Waals surface area (Å²) in [5.74, 6) is 0.363. The number of hydrogen-bond donors (Lipinski definition) is 2. The summed E-state index contributed by atoms with van der Waals surface area (Å²) in [5, 5.41) is 3.28. The number of nitrogens with two attached hydrogens (primary N) is 1. The largest absolute Gasteiger partial charge is 0.370 e. The molecule has 1 aromatic carbocycles. The van der Waals surface area contributed by atoms with Gasteiger partial charge in [0.05, 0.1) is 6.54 Å². The van der Waals surface area contributed by atoms with E-state index in [2.05, 4.69) is 10.3 Å². The van der Waals surface area contributed by atoms with E-state index in [0.29, 0.717) is 29.7 Å². The molecule has 1 saturated carbocycles. The normalized spacial score (nSPS) is 17.2. The summed E-state index contributed by atoms with van der Waals surface area (Å²) < 4.78 is 13.5. The van der Waals surface area contributed by atoms with Crippen molar-refractivity contribution in [3.05, 3.63) is 34.6 Å². The molecule has 0 amide bonds. The van der Waals surface area contributed by atoms with Crippen molar-refractivity contribution in [3.63, 3.8) is 0 Å². The predicted octanol–water partition coefficient (Wildman–Crippen LogP) is 3.18. The van der Waals surface area contributed by atoms with E-state index < -0.39 is 0 Å². The third-order valence-electron chi connectivity index (χ3n) is 3.89. The van der Waals surface area contributed by atoms with Gasteiger partial charge in [-0.25, -0.2) is 9.38 Å². The first-order valence-electron chi connectivity index (χ1n) is 7.38. The number of rotatable bonds is 3. The van der Waals surface area contributed by atoms with E-state index >= 15 is 0 Å². The van der Waals surface area contributed by atoms with Crippen LogP contribution in [0.25, 0.3) is 0 Å². The van der Waals surface area contributed by atoms with Gasteiger partial charge in [-0.1, -0.05) is 31.4 Å². The second-order valence-corrected chi connectivity index (χ2v) is 5.72. The zero-order valence-corrected chi connectivity index (χ0v) is 12.4. The quantitative estimate of drug-likeness (QED) is 0.658. The molecule has 110 valence electrons. The Hall–Kier alpha value is -1.58. The van der Waals surface area contributed by atoms with Crippen LogP contribution >= 0.6 is 0 Å². The standard InChI is InChI=1S/C16H24FN3/c1-11-8-13(9-12(2)15(11)17)10-19-16(18)20-14-6-4-3-5-7-14/h8-9,14H,3-7,10H2,1-2H3,(H3,18,19,20). The summed E-state index contributed by atoms with van der Waals surface area (Å²) >= 11 is 0. The highest BCUT2D eigenvalue weighted by Crippen LogP contribution is 2.17. The molecule has 1 aromatic rings. The fraction of sp³-hybridized carbons (Fsp3) is 0.562. The van der Waals surface area contributed by atoms with E-state index in [-0.39, 0.29) is 5.82 Å². The van der Waals surface area contributed by atoms with E-state index in [9.17, 15) is 4.39 Å². The van der Waals surface area contributed by atoms with E-state index in [0.717, 1.165) is 5.56 Å². The summed E-state index contributed by atoms with van der Waals surface area (Å²) in [6, 6.07) is 4.13. The Morgan fingerprint density at radius 2 is 1.85 bits per heavy atom. The zero-order valence-electron chi connectivity index (χ0n) is 12.4. The van der Waals surface area contributed by atoms with Crippen LogP contribution < -0.4 is 11.1 Å². The Labute approximate surface area is 120 Å². The molecule has 0 bridgehead atoms. The smallest absolute Gasteiger partial charge is 0.189 e. The molecule has 0 unspecified atom stereocenters. The Morgan fingerprint density at radius 3 is 2.45 bits per heavy atom. The van der Waals surface area contributed by atoms with Crippen LogP contribution in [0.5, 0.6) is 0 Å². The van der Waals surface area contributed by atoms with Crippen molar-refractivity contribution in [2.45, 2.75) is 58.5 Å². The maximum Gasteiger partial charge on any atom is 0.189 e. The molecule has 0 atom stereocenters. The van der Waals surface area contributed by atoms with Crippen molar-refractivity contribution in [2.24, 2.45) is 10.7 Å². The van der Waals surface area contributed by atoms with E-state index in [1.54, 1.807) is 13.8 Å². The molecule has 0 saturated heterocycles. The minimum Gasteiger partial charge on any atom is -0.370 e. The van der Waals surface area contributed by atoms with Gasteiger partial charge in [0.2, 0.25) is 0 Å². The zero-order chi connectivity index (χ0) is 14.5. The number of aliphatic imine (C=N–C) groups is 1. The van der Waals surface area contributed by atoms with Crippen LogP contribution in [-0.2, 0) is 6.54 Å². The monoisotopic (exact) mass is 277 g/mol. The SMILES string of the molecule is Cc1cc(CN=C(N)NC2CCCCC2)cc(C)c1F. The molecule has 4 heteroatoms. The summed E-state index contributed by atoms with van der Waals surface area (Å²) in [5.41, 5.74) is 8.24. The van der Waals surface area contributed by atoms with Gasteiger partial charge in [0.1, 0.15) is 5.82 Å². The van der Waals surface area contributed by atoms with Crippen molar-refractivity contribution in [3.8, 4) is 0 Å².